The van der Waals surface area contributed by atoms with Crippen LogP contribution >= 0.6 is 15.9 Å². The molecule has 1 N–H and O–H groups in total. The lowest BCUT2D eigenvalue weighted by atomic mass is 9.95. The molecule has 0 bridgehead atoms. The number of hydrogen-bond donors (Lipinski definition) is 1. The molecule has 1 atom stereocenters. The molecule has 0 spiro atoms. The summed E-state index contributed by atoms with van der Waals surface area (Å²) in [5.41, 5.74) is 0.681. The third kappa shape index (κ3) is 3.10. The molecule has 4 rings (SSSR count). The predicted molar refractivity (Wildman–Crippen MR) is 98.8 cm³/mol. The first kappa shape index (κ1) is 17.4. The van der Waals surface area contributed by atoms with Gasteiger partial charge in [-0.2, -0.15) is 0 Å². The maximum absolute atomic E-state index is 12.9. The molecular weight excluding hydrogens is 414 g/mol. The van der Waals surface area contributed by atoms with Crippen LogP contribution in [0.15, 0.2) is 85.7 Å². The van der Waals surface area contributed by atoms with Crippen LogP contribution in [0, 0.1) is 0 Å². The third-order valence-corrected chi connectivity index (χ3v) is 4.91. The first-order valence-corrected chi connectivity index (χ1v) is 8.95. The van der Waals surface area contributed by atoms with Crippen LogP contribution in [0.3, 0.4) is 0 Å². The lowest BCUT2D eigenvalue weighted by Crippen LogP contribution is -2.30. The Bertz CT molecular complexity index is 1000. The molecule has 0 aliphatic carbocycles. The highest BCUT2D eigenvalue weighted by Crippen LogP contribution is 2.40. The van der Waals surface area contributed by atoms with E-state index in [0.29, 0.717) is 11.3 Å². The smallest absolute Gasteiger partial charge is 0.290 e. The number of rotatable bonds is 5. The SMILES string of the molecule is O=C(C1=C(O)C(=O)N(Cc2ccco2)C1c1ccc(Br)cc1)c1ccco1. The van der Waals surface area contributed by atoms with Gasteiger partial charge < -0.3 is 18.8 Å². The number of carbonyl (C=O) groups excluding carboxylic acids is 2. The molecule has 1 aromatic carbocycles. The number of nitrogens with zero attached hydrogens (tertiary/aromatic N) is 1. The number of benzene rings is 1. The first-order chi connectivity index (χ1) is 13.1. The Balaban J connectivity index is 1.80. The Hall–Kier alpha value is -3.06. The van der Waals surface area contributed by atoms with Gasteiger partial charge in [0.05, 0.1) is 30.7 Å². The van der Waals surface area contributed by atoms with Crippen LogP contribution in [0.25, 0.3) is 0 Å². The van der Waals surface area contributed by atoms with E-state index in [1.807, 2.05) is 12.1 Å². The summed E-state index contributed by atoms with van der Waals surface area (Å²) in [7, 11) is 0. The maximum atomic E-state index is 12.9. The molecule has 1 aliphatic rings. The lowest BCUT2D eigenvalue weighted by molar-refractivity contribution is -0.130. The van der Waals surface area contributed by atoms with Gasteiger partial charge in [-0.05, 0) is 42.0 Å². The van der Waals surface area contributed by atoms with E-state index < -0.39 is 23.5 Å². The van der Waals surface area contributed by atoms with E-state index in [1.165, 1.54) is 23.5 Å². The molecule has 0 radical (unpaired) electrons. The largest absolute Gasteiger partial charge is 0.503 e. The van der Waals surface area contributed by atoms with Gasteiger partial charge in [0.25, 0.3) is 5.91 Å². The first-order valence-electron chi connectivity index (χ1n) is 8.16. The molecule has 2 aromatic heterocycles. The van der Waals surface area contributed by atoms with Crippen molar-refractivity contribution in [2.24, 2.45) is 0 Å². The summed E-state index contributed by atoms with van der Waals surface area (Å²) in [5.74, 6) is -1.12. The van der Waals surface area contributed by atoms with Gasteiger partial charge in [-0.25, -0.2) is 0 Å². The van der Waals surface area contributed by atoms with Gasteiger partial charge in [0.2, 0.25) is 5.78 Å². The number of amides is 1. The van der Waals surface area contributed by atoms with E-state index in [0.717, 1.165) is 4.47 Å². The van der Waals surface area contributed by atoms with E-state index in [4.69, 9.17) is 8.83 Å². The molecule has 3 heterocycles. The van der Waals surface area contributed by atoms with Gasteiger partial charge >= 0.3 is 0 Å². The van der Waals surface area contributed by atoms with Crippen molar-refractivity contribution in [2.75, 3.05) is 0 Å². The number of aliphatic hydroxyl groups excluding tert-OH is 1. The predicted octanol–water partition coefficient (Wildman–Crippen LogP) is 4.41. The van der Waals surface area contributed by atoms with Gasteiger partial charge in [0.1, 0.15) is 5.76 Å². The van der Waals surface area contributed by atoms with Gasteiger partial charge in [-0.3, -0.25) is 9.59 Å². The van der Waals surface area contributed by atoms with Crippen molar-refractivity contribution in [3.8, 4) is 0 Å². The highest BCUT2D eigenvalue weighted by molar-refractivity contribution is 9.10. The molecule has 6 nitrogen and oxygen atoms in total. The molecule has 0 fully saturated rings. The third-order valence-electron chi connectivity index (χ3n) is 4.39. The van der Waals surface area contributed by atoms with E-state index >= 15 is 0 Å². The van der Waals surface area contributed by atoms with E-state index in [1.54, 1.807) is 30.3 Å². The van der Waals surface area contributed by atoms with Gasteiger partial charge in [0.15, 0.2) is 11.5 Å². The summed E-state index contributed by atoms with van der Waals surface area (Å²) < 4.78 is 11.4. The minimum Gasteiger partial charge on any atom is -0.503 e. The molecule has 0 saturated carbocycles. The fourth-order valence-electron chi connectivity index (χ4n) is 3.15. The molecule has 0 saturated heterocycles. The monoisotopic (exact) mass is 427 g/mol. The molecule has 3 aromatic rings. The number of furan rings is 2. The quantitative estimate of drug-likeness (QED) is 0.609. The van der Waals surface area contributed by atoms with Gasteiger partial charge in [0, 0.05) is 4.47 Å². The van der Waals surface area contributed by atoms with Crippen LogP contribution in [0.1, 0.15) is 27.9 Å². The van der Waals surface area contributed by atoms with Crippen molar-refractivity contribution in [3.63, 3.8) is 0 Å². The number of carbonyl (C=O) groups is 2. The second-order valence-electron chi connectivity index (χ2n) is 6.04. The summed E-state index contributed by atoms with van der Waals surface area (Å²) >= 11 is 3.38. The Morgan fingerprint density at radius 1 is 1.07 bits per heavy atom. The molecule has 136 valence electrons. The highest BCUT2D eigenvalue weighted by Gasteiger charge is 2.44. The molecule has 1 aliphatic heterocycles. The number of Topliss-reactive ketones (excluding diaryl/α,β-unsaturated/α-hetero) is 1. The van der Waals surface area contributed by atoms with Crippen LogP contribution in [0.2, 0.25) is 0 Å². The fraction of sp³-hybridized carbons (Fsp3) is 0.100. The molecule has 1 amide bonds. The van der Waals surface area contributed by atoms with Crippen molar-refractivity contribution in [2.45, 2.75) is 12.6 Å². The van der Waals surface area contributed by atoms with Crippen molar-refractivity contribution in [1.82, 2.24) is 4.90 Å². The van der Waals surface area contributed by atoms with Crippen molar-refractivity contribution in [1.29, 1.82) is 0 Å². The Labute approximate surface area is 162 Å². The molecule has 27 heavy (non-hydrogen) atoms. The van der Waals surface area contributed by atoms with Crippen molar-refractivity contribution < 1.29 is 23.5 Å². The van der Waals surface area contributed by atoms with Crippen LogP contribution in [0.5, 0.6) is 0 Å². The average molecular weight is 428 g/mol. The van der Waals surface area contributed by atoms with E-state index in [9.17, 15) is 14.7 Å². The lowest BCUT2D eigenvalue weighted by Gasteiger charge is -2.25. The maximum Gasteiger partial charge on any atom is 0.290 e. The average Bonchev–Trinajstić information content (AvgIpc) is 3.41. The number of ketones is 1. The van der Waals surface area contributed by atoms with E-state index in [2.05, 4.69) is 15.9 Å². The summed E-state index contributed by atoms with van der Waals surface area (Å²) in [6, 6.07) is 13.0. The molecule has 7 heteroatoms. The van der Waals surface area contributed by atoms with Crippen molar-refractivity contribution in [3.05, 3.63) is 93.9 Å². The fourth-order valence-corrected chi connectivity index (χ4v) is 3.42. The summed E-state index contributed by atoms with van der Waals surface area (Å²) in [4.78, 5) is 27.1. The second-order valence-corrected chi connectivity index (χ2v) is 6.95. The second kappa shape index (κ2) is 6.92. The van der Waals surface area contributed by atoms with Crippen LogP contribution in [0.4, 0.5) is 0 Å². The van der Waals surface area contributed by atoms with E-state index in [-0.39, 0.29) is 17.9 Å². The zero-order valence-electron chi connectivity index (χ0n) is 14.0. The normalized spacial score (nSPS) is 17.0. The Morgan fingerprint density at radius 2 is 1.78 bits per heavy atom. The standard InChI is InChI=1S/C20H14BrNO5/c21-13-7-5-12(6-8-13)17-16(18(23)15-4-2-10-27-15)19(24)20(25)22(17)11-14-3-1-9-26-14/h1-10,17,24H,11H2. The zero-order valence-corrected chi connectivity index (χ0v) is 15.5. The topological polar surface area (TPSA) is 83.9 Å². The van der Waals surface area contributed by atoms with Crippen LogP contribution < -0.4 is 0 Å². The van der Waals surface area contributed by atoms with Gasteiger partial charge in [-0.1, -0.05) is 28.1 Å². The Kier molecular flexibility index (Phi) is 4.45. The van der Waals surface area contributed by atoms with Gasteiger partial charge in [-0.15, -0.1) is 0 Å². The number of hydrogen-bond acceptors (Lipinski definition) is 5. The van der Waals surface area contributed by atoms with Crippen LogP contribution in [-0.2, 0) is 11.3 Å². The zero-order chi connectivity index (χ0) is 19.0. The van der Waals surface area contributed by atoms with Crippen molar-refractivity contribution >= 4 is 27.6 Å². The molecular formula is C20H14BrNO5. The summed E-state index contributed by atoms with van der Waals surface area (Å²) in [6.07, 6.45) is 2.88. The van der Waals surface area contributed by atoms with Crippen LogP contribution in [-0.4, -0.2) is 21.7 Å². The highest BCUT2D eigenvalue weighted by atomic mass is 79.9. The minimum absolute atomic E-state index is 0.0103. The number of halogens is 1. The summed E-state index contributed by atoms with van der Waals surface area (Å²) in [6.45, 7) is 0.117. The summed E-state index contributed by atoms with van der Waals surface area (Å²) in [5, 5.41) is 10.5. The number of aliphatic hydroxyl groups is 1. The minimum atomic E-state index is -0.756. The Morgan fingerprint density at radius 3 is 2.41 bits per heavy atom. The molecule has 1 unspecified atom stereocenters.